The topological polar surface area (TPSA) is 50.8 Å². The highest BCUT2D eigenvalue weighted by atomic mass is 32.1. The van der Waals surface area contributed by atoms with Crippen LogP contribution in [0.5, 0.6) is 0 Å². The molecular formula is C15H22N2O3S. The second-order valence-electron chi connectivity index (χ2n) is 5.78. The second kappa shape index (κ2) is 6.34. The fourth-order valence-electron chi connectivity index (χ4n) is 2.92. The molecule has 0 aliphatic carbocycles. The fourth-order valence-corrected chi connectivity index (χ4v) is 3.70. The normalized spacial score (nSPS) is 22.4. The van der Waals surface area contributed by atoms with Crippen molar-refractivity contribution >= 4 is 17.4 Å². The van der Waals surface area contributed by atoms with Gasteiger partial charge in [-0.2, -0.15) is 11.3 Å². The third kappa shape index (κ3) is 3.39. The van der Waals surface area contributed by atoms with Crippen molar-refractivity contribution in [3.05, 3.63) is 22.4 Å². The van der Waals surface area contributed by atoms with E-state index in [0.29, 0.717) is 32.2 Å². The maximum atomic E-state index is 12.3. The maximum Gasteiger partial charge on any atom is 0.317 e. The molecule has 1 N–H and O–H groups in total. The molecule has 1 atom stereocenters. The SMILES string of the molecule is CC(CNC(=O)N1CCCC2(C1)OCCO2)c1ccsc1. The van der Waals surface area contributed by atoms with Crippen molar-refractivity contribution in [2.75, 3.05) is 32.8 Å². The molecule has 2 fully saturated rings. The van der Waals surface area contributed by atoms with Crippen LogP contribution in [0.3, 0.4) is 0 Å². The van der Waals surface area contributed by atoms with Gasteiger partial charge in [-0.25, -0.2) is 4.79 Å². The van der Waals surface area contributed by atoms with Gasteiger partial charge >= 0.3 is 6.03 Å². The molecule has 0 saturated carbocycles. The number of thiophene rings is 1. The largest absolute Gasteiger partial charge is 0.346 e. The number of hydrogen-bond donors (Lipinski definition) is 1. The Bertz CT molecular complexity index is 471. The van der Waals surface area contributed by atoms with Crippen LogP contribution < -0.4 is 5.32 Å². The van der Waals surface area contributed by atoms with Crippen LogP contribution in [0, 0.1) is 0 Å². The average Bonchev–Trinajstić information content (AvgIpc) is 3.16. The first-order valence-electron chi connectivity index (χ1n) is 7.51. The van der Waals surface area contributed by atoms with Gasteiger partial charge in [0.2, 0.25) is 0 Å². The molecule has 2 saturated heterocycles. The summed E-state index contributed by atoms with van der Waals surface area (Å²) in [5.74, 6) is -0.216. The van der Waals surface area contributed by atoms with Crippen molar-refractivity contribution in [1.29, 1.82) is 0 Å². The number of amides is 2. The van der Waals surface area contributed by atoms with Crippen LogP contribution in [0.2, 0.25) is 0 Å². The van der Waals surface area contributed by atoms with Gasteiger partial charge < -0.3 is 19.7 Å². The quantitative estimate of drug-likeness (QED) is 0.932. The predicted molar refractivity (Wildman–Crippen MR) is 81.6 cm³/mol. The number of rotatable bonds is 3. The molecule has 3 rings (SSSR count). The summed E-state index contributed by atoms with van der Waals surface area (Å²) in [5.41, 5.74) is 1.28. The summed E-state index contributed by atoms with van der Waals surface area (Å²) in [5, 5.41) is 7.23. The van der Waals surface area contributed by atoms with Crippen LogP contribution in [-0.4, -0.2) is 49.6 Å². The number of nitrogens with zero attached hydrogens (tertiary/aromatic N) is 1. The molecule has 116 valence electrons. The molecule has 5 nitrogen and oxygen atoms in total. The Morgan fingerprint density at radius 3 is 3.05 bits per heavy atom. The number of likely N-dealkylation sites (tertiary alicyclic amines) is 1. The van der Waals surface area contributed by atoms with Crippen LogP contribution in [0.25, 0.3) is 0 Å². The Labute approximate surface area is 129 Å². The van der Waals surface area contributed by atoms with Crippen molar-refractivity contribution in [1.82, 2.24) is 10.2 Å². The van der Waals surface area contributed by atoms with Crippen molar-refractivity contribution in [3.8, 4) is 0 Å². The smallest absolute Gasteiger partial charge is 0.317 e. The van der Waals surface area contributed by atoms with E-state index in [1.54, 1.807) is 11.3 Å². The minimum atomic E-state index is -0.547. The van der Waals surface area contributed by atoms with Crippen molar-refractivity contribution in [2.24, 2.45) is 0 Å². The molecule has 21 heavy (non-hydrogen) atoms. The lowest BCUT2D eigenvalue weighted by atomic mass is 10.0. The van der Waals surface area contributed by atoms with E-state index >= 15 is 0 Å². The van der Waals surface area contributed by atoms with Gasteiger partial charge in [0.1, 0.15) is 0 Å². The molecule has 3 heterocycles. The zero-order chi connectivity index (χ0) is 14.7. The highest BCUT2D eigenvalue weighted by Gasteiger charge is 2.42. The van der Waals surface area contributed by atoms with Crippen molar-refractivity contribution < 1.29 is 14.3 Å². The van der Waals surface area contributed by atoms with Gasteiger partial charge in [-0.05, 0) is 34.7 Å². The van der Waals surface area contributed by atoms with Crippen molar-refractivity contribution in [2.45, 2.75) is 31.5 Å². The molecule has 0 aromatic carbocycles. The Kier molecular flexibility index (Phi) is 4.47. The van der Waals surface area contributed by atoms with Crippen LogP contribution in [-0.2, 0) is 9.47 Å². The number of carbonyl (C=O) groups excluding carboxylic acids is 1. The first kappa shape index (κ1) is 14.8. The van der Waals surface area contributed by atoms with Gasteiger partial charge in [-0.1, -0.05) is 6.92 Å². The van der Waals surface area contributed by atoms with Gasteiger partial charge in [-0.3, -0.25) is 0 Å². The zero-order valence-corrected chi connectivity index (χ0v) is 13.2. The third-order valence-corrected chi connectivity index (χ3v) is 4.89. The molecule has 1 aromatic heterocycles. The Morgan fingerprint density at radius 2 is 2.33 bits per heavy atom. The number of hydrogen-bond acceptors (Lipinski definition) is 4. The predicted octanol–water partition coefficient (Wildman–Crippen LogP) is 2.40. The summed E-state index contributed by atoms with van der Waals surface area (Å²) in [6, 6.07) is 2.09. The molecule has 0 bridgehead atoms. The van der Waals surface area contributed by atoms with Crippen LogP contribution in [0.1, 0.15) is 31.2 Å². The summed E-state index contributed by atoms with van der Waals surface area (Å²) in [6.45, 7) is 5.35. The highest BCUT2D eigenvalue weighted by Crippen LogP contribution is 2.30. The Morgan fingerprint density at radius 1 is 1.52 bits per heavy atom. The molecule has 1 aromatic rings. The Hall–Kier alpha value is -1.11. The lowest BCUT2D eigenvalue weighted by molar-refractivity contribution is -0.182. The van der Waals surface area contributed by atoms with E-state index in [1.165, 1.54) is 5.56 Å². The number of carbonyl (C=O) groups is 1. The molecular weight excluding hydrogens is 288 g/mol. The molecule has 1 spiro atoms. The van der Waals surface area contributed by atoms with Crippen LogP contribution in [0.4, 0.5) is 4.79 Å². The lowest BCUT2D eigenvalue weighted by Gasteiger charge is -2.38. The van der Waals surface area contributed by atoms with E-state index in [0.717, 1.165) is 19.4 Å². The van der Waals surface area contributed by atoms with E-state index in [4.69, 9.17) is 9.47 Å². The maximum absolute atomic E-state index is 12.3. The van der Waals surface area contributed by atoms with Crippen LogP contribution >= 0.6 is 11.3 Å². The molecule has 0 radical (unpaired) electrons. The van der Waals surface area contributed by atoms with E-state index in [-0.39, 0.29) is 6.03 Å². The van der Waals surface area contributed by atoms with Gasteiger partial charge in [0.15, 0.2) is 5.79 Å². The average molecular weight is 310 g/mol. The fraction of sp³-hybridized carbons (Fsp3) is 0.667. The standard InChI is InChI=1S/C15H22N2O3S/c1-12(13-3-8-21-10-13)9-16-14(18)17-5-2-4-15(11-17)19-6-7-20-15/h3,8,10,12H,2,4-7,9,11H2,1H3,(H,16,18). The number of urea groups is 1. The highest BCUT2D eigenvalue weighted by molar-refractivity contribution is 7.07. The first-order chi connectivity index (χ1) is 10.2. The number of piperidine rings is 1. The first-order valence-corrected chi connectivity index (χ1v) is 8.46. The van der Waals surface area contributed by atoms with E-state index in [2.05, 4.69) is 29.1 Å². The Balaban J connectivity index is 1.51. The monoisotopic (exact) mass is 310 g/mol. The molecule has 2 aliphatic heterocycles. The molecule has 6 heteroatoms. The summed E-state index contributed by atoms with van der Waals surface area (Å²) >= 11 is 1.69. The summed E-state index contributed by atoms with van der Waals surface area (Å²) in [4.78, 5) is 14.1. The molecule has 2 amide bonds. The minimum Gasteiger partial charge on any atom is -0.346 e. The zero-order valence-electron chi connectivity index (χ0n) is 12.3. The molecule has 1 unspecified atom stereocenters. The lowest BCUT2D eigenvalue weighted by Crippen LogP contribution is -2.54. The van der Waals surface area contributed by atoms with E-state index in [9.17, 15) is 4.79 Å². The van der Waals surface area contributed by atoms with Gasteiger partial charge in [-0.15, -0.1) is 0 Å². The van der Waals surface area contributed by atoms with Crippen molar-refractivity contribution in [3.63, 3.8) is 0 Å². The van der Waals surface area contributed by atoms with Gasteiger partial charge in [0.25, 0.3) is 0 Å². The minimum absolute atomic E-state index is 0.0183. The van der Waals surface area contributed by atoms with Gasteiger partial charge in [0, 0.05) is 19.5 Å². The third-order valence-electron chi connectivity index (χ3n) is 4.19. The summed E-state index contributed by atoms with van der Waals surface area (Å²) in [7, 11) is 0. The van der Waals surface area contributed by atoms with Gasteiger partial charge in [0.05, 0.1) is 19.8 Å². The summed E-state index contributed by atoms with van der Waals surface area (Å²) < 4.78 is 11.4. The van der Waals surface area contributed by atoms with E-state index in [1.807, 2.05) is 4.90 Å². The van der Waals surface area contributed by atoms with Crippen LogP contribution in [0.15, 0.2) is 16.8 Å². The van der Waals surface area contributed by atoms with E-state index < -0.39 is 5.79 Å². The number of nitrogens with one attached hydrogen (secondary N) is 1. The summed E-state index contributed by atoms with van der Waals surface area (Å²) in [6.07, 6.45) is 1.80. The molecule has 2 aliphatic rings. The number of ether oxygens (including phenoxy) is 2. The second-order valence-corrected chi connectivity index (χ2v) is 6.56.